The van der Waals surface area contributed by atoms with Crippen LogP contribution >= 0.6 is 0 Å². The fourth-order valence-electron chi connectivity index (χ4n) is 1.22. The minimum atomic E-state index is -0.452. The maximum absolute atomic E-state index is 13.1. The molecule has 0 aliphatic rings. The van der Waals surface area contributed by atoms with Gasteiger partial charge < -0.3 is 21.3 Å². The van der Waals surface area contributed by atoms with Gasteiger partial charge in [-0.05, 0) is 12.1 Å². The molecular weight excluding hydrogens is 223 g/mol. The summed E-state index contributed by atoms with van der Waals surface area (Å²) in [6.07, 6.45) is 0. The van der Waals surface area contributed by atoms with E-state index >= 15 is 0 Å². The number of amides is 2. The van der Waals surface area contributed by atoms with Crippen LogP contribution in [-0.2, 0) is 0 Å². The van der Waals surface area contributed by atoms with Gasteiger partial charge in [0.1, 0.15) is 5.82 Å². The van der Waals surface area contributed by atoms with E-state index in [1.165, 1.54) is 11.0 Å². The average Bonchev–Trinajstić information content (AvgIpc) is 2.29. The number of halogens is 1. The Bertz CT molecular complexity index is 395. The molecule has 1 aromatic carbocycles. The number of nitrogen functional groups attached to an aromatic ring is 1. The lowest BCUT2D eigenvalue weighted by Gasteiger charge is -2.13. The van der Waals surface area contributed by atoms with Gasteiger partial charge in [0.2, 0.25) is 0 Å². The summed E-state index contributed by atoms with van der Waals surface area (Å²) in [6, 6.07) is 4.39. The number of rotatable bonds is 4. The van der Waals surface area contributed by atoms with Gasteiger partial charge in [0, 0.05) is 27.2 Å². The van der Waals surface area contributed by atoms with Gasteiger partial charge in [0.25, 0.3) is 0 Å². The molecule has 5 nitrogen and oxygen atoms in total. The number of nitrogens with one attached hydrogen (secondary N) is 2. The van der Waals surface area contributed by atoms with Crippen LogP contribution in [0.15, 0.2) is 18.2 Å². The summed E-state index contributed by atoms with van der Waals surface area (Å²) < 4.78 is 13.1. The first kappa shape index (κ1) is 13.1. The monoisotopic (exact) mass is 240 g/mol. The molecule has 0 fully saturated rings. The van der Waals surface area contributed by atoms with E-state index in [1.807, 2.05) is 0 Å². The van der Waals surface area contributed by atoms with Crippen molar-refractivity contribution in [1.29, 1.82) is 0 Å². The fraction of sp³-hybridized carbons (Fsp3) is 0.364. The zero-order valence-corrected chi connectivity index (χ0v) is 9.96. The van der Waals surface area contributed by atoms with Crippen molar-refractivity contribution >= 4 is 17.4 Å². The number of para-hydroxylation sites is 1. The highest BCUT2D eigenvalue weighted by Crippen LogP contribution is 2.20. The number of nitrogens with two attached hydrogens (primary N) is 1. The van der Waals surface area contributed by atoms with Crippen LogP contribution in [0.2, 0.25) is 0 Å². The third kappa shape index (κ3) is 3.82. The van der Waals surface area contributed by atoms with E-state index in [0.717, 1.165) is 0 Å². The summed E-state index contributed by atoms with van der Waals surface area (Å²) in [7, 11) is 3.32. The Morgan fingerprint density at radius 1 is 1.41 bits per heavy atom. The average molecular weight is 240 g/mol. The number of anilines is 2. The lowest BCUT2D eigenvalue weighted by atomic mass is 10.2. The first-order chi connectivity index (χ1) is 8.02. The van der Waals surface area contributed by atoms with Crippen molar-refractivity contribution in [3.8, 4) is 0 Å². The molecule has 1 aromatic rings. The van der Waals surface area contributed by atoms with Gasteiger partial charge in [-0.25, -0.2) is 9.18 Å². The molecular formula is C11H17FN4O. The highest BCUT2D eigenvalue weighted by atomic mass is 19.1. The quantitative estimate of drug-likeness (QED) is 0.545. The van der Waals surface area contributed by atoms with Crippen molar-refractivity contribution in [3.63, 3.8) is 0 Å². The van der Waals surface area contributed by atoms with Crippen LogP contribution in [0, 0.1) is 5.82 Å². The van der Waals surface area contributed by atoms with Gasteiger partial charge in [0.15, 0.2) is 0 Å². The molecule has 17 heavy (non-hydrogen) atoms. The molecule has 0 aliphatic carbocycles. The second-order valence-corrected chi connectivity index (χ2v) is 3.75. The number of benzene rings is 1. The summed E-state index contributed by atoms with van der Waals surface area (Å²) in [5.74, 6) is -0.452. The highest BCUT2D eigenvalue weighted by molar-refractivity contribution is 5.73. The number of carbonyl (C=O) groups is 1. The van der Waals surface area contributed by atoms with Crippen LogP contribution in [0.4, 0.5) is 20.6 Å². The molecule has 94 valence electrons. The summed E-state index contributed by atoms with van der Waals surface area (Å²) in [5, 5.41) is 5.63. The largest absolute Gasteiger partial charge is 0.395 e. The van der Waals surface area contributed by atoms with Crippen molar-refractivity contribution in [2.75, 3.05) is 38.2 Å². The van der Waals surface area contributed by atoms with Gasteiger partial charge in [-0.15, -0.1) is 0 Å². The molecule has 0 aliphatic heterocycles. The lowest BCUT2D eigenvalue weighted by molar-refractivity contribution is 0.218. The van der Waals surface area contributed by atoms with Gasteiger partial charge >= 0.3 is 6.03 Å². The van der Waals surface area contributed by atoms with E-state index < -0.39 is 5.82 Å². The van der Waals surface area contributed by atoms with E-state index in [2.05, 4.69) is 10.6 Å². The molecule has 6 heteroatoms. The maximum Gasteiger partial charge on any atom is 0.316 e. The van der Waals surface area contributed by atoms with Crippen LogP contribution in [0.25, 0.3) is 0 Å². The Hall–Kier alpha value is -1.98. The molecule has 0 unspecified atom stereocenters. The lowest BCUT2D eigenvalue weighted by Crippen LogP contribution is -2.37. The highest BCUT2D eigenvalue weighted by Gasteiger charge is 2.04. The Labute approximate surface area is 99.8 Å². The number of nitrogens with zero attached hydrogens (tertiary/aromatic N) is 1. The van der Waals surface area contributed by atoms with Crippen LogP contribution in [-0.4, -0.2) is 38.1 Å². The molecule has 0 saturated heterocycles. The van der Waals surface area contributed by atoms with Crippen molar-refractivity contribution in [1.82, 2.24) is 10.2 Å². The Balaban J connectivity index is 2.36. The van der Waals surface area contributed by atoms with E-state index in [-0.39, 0.29) is 11.7 Å². The molecule has 0 radical (unpaired) electrons. The topological polar surface area (TPSA) is 70.4 Å². The van der Waals surface area contributed by atoms with Gasteiger partial charge in [0.05, 0.1) is 11.4 Å². The van der Waals surface area contributed by atoms with Crippen molar-refractivity contribution in [2.24, 2.45) is 0 Å². The molecule has 0 aromatic heterocycles. The molecule has 4 N–H and O–H groups in total. The molecule has 0 bridgehead atoms. The molecule has 0 atom stereocenters. The van der Waals surface area contributed by atoms with Crippen LogP contribution in [0.5, 0.6) is 0 Å². The number of carbonyl (C=O) groups excluding carboxylic acids is 1. The Kier molecular flexibility index (Phi) is 4.56. The van der Waals surface area contributed by atoms with Crippen molar-refractivity contribution in [2.45, 2.75) is 0 Å². The van der Waals surface area contributed by atoms with E-state index in [0.29, 0.717) is 18.8 Å². The second-order valence-electron chi connectivity index (χ2n) is 3.75. The molecule has 0 spiro atoms. The van der Waals surface area contributed by atoms with Crippen LogP contribution in [0.3, 0.4) is 0 Å². The predicted octanol–water partition coefficient (Wildman–Crippen LogP) is 1.09. The zero-order chi connectivity index (χ0) is 12.8. The van der Waals surface area contributed by atoms with E-state index in [9.17, 15) is 9.18 Å². The van der Waals surface area contributed by atoms with Crippen molar-refractivity contribution < 1.29 is 9.18 Å². The Morgan fingerprint density at radius 3 is 2.76 bits per heavy atom. The summed E-state index contributed by atoms with van der Waals surface area (Å²) >= 11 is 0. The van der Waals surface area contributed by atoms with Crippen LogP contribution < -0.4 is 16.4 Å². The number of urea groups is 1. The molecule has 2 amide bonds. The first-order valence-corrected chi connectivity index (χ1v) is 5.25. The Morgan fingerprint density at radius 2 is 2.12 bits per heavy atom. The van der Waals surface area contributed by atoms with Crippen molar-refractivity contribution in [3.05, 3.63) is 24.0 Å². The predicted molar refractivity (Wildman–Crippen MR) is 66.4 cm³/mol. The summed E-state index contributed by atoms with van der Waals surface area (Å²) in [4.78, 5) is 12.6. The number of hydrogen-bond donors (Lipinski definition) is 3. The van der Waals surface area contributed by atoms with Gasteiger partial charge in [-0.2, -0.15) is 0 Å². The number of hydrogen-bond acceptors (Lipinski definition) is 3. The van der Waals surface area contributed by atoms with Gasteiger partial charge in [-0.1, -0.05) is 6.07 Å². The first-order valence-electron chi connectivity index (χ1n) is 5.25. The third-order valence-electron chi connectivity index (χ3n) is 2.18. The van der Waals surface area contributed by atoms with Crippen LogP contribution in [0.1, 0.15) is 0 Å². The summed E-state index contributed by atoms with van der Waals surface area (Å²) in [5.41, 5.74) is 6.16. The standard InChI is InChI=1S/C11H17FN4O/c1-16(2)11(17)15-7-6-14-9-5-3-4-8(12)10(9)13/h3-5,14H,6-7,13H2,1-2H3,(H,15,17). The molecule has 0 saturated carbocycles. The molecule has 0 heterocycles. The van der Waals surface area contributed by atoms with E-state index in [4.69, 9.17) is 5.73 Å². The van der Waals surface area contributed by atoms with E-state index in [1.54, 1.807) is 26.2 Å². The minimum absolute atomic E-state index is 0.0893. The molecule has 1 rings (SSSR count). The zero-order valence-electron chi connectivity index (χ0n) is 9.96. The minimum Gasteiger partial charge on any atom is -0.395 e. The second kappa shape index (κ2) is 5.93. The third-order valence-corrected chi connectivity index (χ3v) is 2.18. The van der Waals surface area contributed by atoms with Gasteiger partial charge in [-0.3, -0.25) is 0 Å². The fourth-order valence-corrected chi connectivity index (χ4v) is 1.22. The normalized spacial score (nSPS) is 9.82. The maximum atomic E-state index is 13.1. The SMILES string of the molecule is CN(C)C(=O)NCCNc1cccc(F)c1N. The summed E-state index contributed by atoms with van der Waals surface area (Å²) in [6.45, 7) is 0.917. The smallest absolute Gasteiger partial charge is 0.316 e.